The molecule has 0 aliphatic rings. The third-order valence-electron chi connectivity index (χ3n) is 7.83. The van der Waals surface area contributed by atoms with Crippen LogP contribution in [0.25, 0.3) is 10.8 Å². The lowest BCUT2D eigenvalue weighted by atomic mass is 9.76. The molecule has 1 atom stereocenters. The fraction of sp³-hybridized carbons (Fsp3) is 0.467. The maximum atomic E-state index is 13.1. The van der Waals surface area contributed by atoms with E-state index < -0.39 is 10.0 Å². The van der Waals surface area contributed by atoms with E-state index in [1.54, 1.807) is 18.2 Å². The van der Waals surface area contributed by atoms with E-state index in [0.29, 0.717) is 17.2 Å². The molecule has 3 rings (SSSR count). The number of benzene rings is 3. The monoisotopic (exact) mass is 526 g/mol. The summed E-state index contributed by atoms with van der Waals surface area (Å²) in [6, 6.07) is 14.2. The molecule has 0 heterocycles. The summed E-state index contributed by atoms with van der Waals surface area (Å²) in [5, 5.41) is 11.1. The van der Waals surface area contributed by atoms with Gasteiger partial charge in [0.25, 0.3) is 0 Å². The molecule has 0 saturated heterocycles. The molecule has 6 nitrogen and oxygen atoms in total. The normalized spacial score (nSPS) is 13.6. The fourth-order valence-electron chi connectivity index (χ4n) is 4.20. The summed E-state index contributed by atoms with van der Waals surface area (Å²) in [7, 11) is -3.78. The summed E-state index contributed by atoms with van der Waals surface area (Å²) >= 11 is 0. The van der Waals surface area contributed by atoms with Crippen molar-refractivity contribution in [1.82, 2.24) is 4.72 Å². The van der Waals surface area contributed by atoms with Crippen molar-refractivity contribution in [3.8, 4) is 11.5 Å². The molecular formula is C30H42N2O4S. The van der Waals surface area contributed by atoms with Gasteiger partial charge in [0, 0.05) is 17.5 Å². The van der Waals surface area contributed by atoms with Gasteiger partial charge in [-0.25, -0.2) is 13.1 Å². The molecule has 0 saturated carbocycles. The van der Waals surface area contributed by atoms with E-state index in [4.69, 9.17) is 10.5 Å². The molecule has 202 valence electrons. The fourth-order valence-corrected chi connectivity index (χ4v) is 5.30. The van der Waals surface area contributed by atoms with Crippen molar-refractivity contribution < 1.29 is 18.3 Å². The molecule has 0 amide bonds. The summed E-state index contributed by atoms with van der Waals surface area (Å²) in [6.07, 6.45) is 2.29. The third-order valence-corrected chi connectivity index (χ3v) is 9.25. The number of rotatable bonds is 11. The van der Waals surface area contributed by atoms with E-state index >= 15 is 0 Å². The van der Waals surface area contributed by atoms with Crippen LogP contribution in [0, 0.1) is 0 Å². The molecule has 3 aromatic carbocycles. The van der Waals surface area contributed by atoms with E-state index in [9.17, 15) is 13.5 Å². The number of ether oxygens (including phenoxy) is 1. The Morgan fingerprint density at radius 1 is 0.946 bits per heavy atom. The summed E-state index contributed by atoms with van der Waals surface area (Å²) in [5.41, 5.74) is 8.55. The topological polar surface area (TPSA) is 102 Å². The van der Waals surface area contributed by atoms with Crippen molar-refractivity contribution in [2.45, 2.75) is 89.6 Å². The van der Waals surface area contributed by atoms with Gasteiger partial charge in [0.15, 0.2) is 0 Å². The van der Waals surface area contributed by atoms with E-state index in [1.807, 2.05) is 13.0 Å². The molecule has 0 aliphatic heterocycles. The van der Waals surface area contributed by atoms with Gasteiger partial charge in [-0.15, -0.1) is 0 Å². The number of phenols is 1. The van der Waals surface area contributed by atoms with E-state index in [-0.39, 0.29) is 39.8 Å². The lowest BCUT2D eigenvalue weighted by Gasteiger charge is -2.31. The first-order valence-corrected chi connectivity index (χ1v) is 14.6. The van der Waals surface area contributed by atoms with Crippen LogP contribution in [0.4, 0.5) is 5.69 Å². The Labute approximate surface area is 222 Å². The number of nitrogens with two attached hydrogens (primary N) is 1. The zero-order valence-corrected chi connectivity index (χ0v) is 24.0. The maximum Gasteiger partial charge on any atom is 0.240 e. The minimum atomic E-state index is -3.78. The van der Waals surface area contributed by atoms with Crippen LogP contribution in [0.5, 0.6) is 11.5 Å². The predicted molar refractivity (Wildman–Crippen MR) is 153 cm³/mol. The van der Waals surface area contributed by atoms with Crippen molar-refractivity contribution >= 4 is 26.5 Å². The van der Waals surface area contributed by atoms with Gasteiger partial charge in [0.05, 0.1) is 10.6 Å². The van der Waals surface area contributed by atoms with Gasteiger partial charge in [-0.2, -0.15) is 0 Å². The number of aromatic hydroxyl groups is 1. The zero-order chi connectivity index (χ0) is 27.6. The molecule has 0 aromatic heterocycles. The molecule has 3 aromatic rings. The molecule has 0 aliphatic carbocycles. The first-order chi connectivity index (χ1) is 17.3. The Kier molecular flexibility index (Phi) is 8.50. The Morgan fingerprint density at radius 3 is 2.24 bits per heavy atom. The standard InChI is InChI=1S/C30H42N2O4S/c1-8-22(36-27-16-12-21(29(4,5)9-2)18-25(27)30(6,7)10-3)19-32-37(34,35)23-13-14-24-20(17-23)11-15-26(33)28(24)31/h11-18,22,32-33H,8-10,19,31H2,1-7H3. The number of nitrogen functional groups attached to an aromatic ring is 1. The predicted octanol–water partition coefficient (Wildman–Crippen LogP) is 6.64. The van der Waals surface area contributed by atoms with Crippen molar-refractivity contribution in [2.24, 2.45) is 0 Å². The molecule has 7 heteroatoms. The summed E-state index contributed by atoms with van der Waals surface area (Å²) in [6.45, 7) is 15.4. The number of hydrogen-bond acceptors (Lipinski definition) is 5. The number of sulfonamides is 1. The second-order valence-corrected chi connectivity index (χ2v) is 12.8. The highest BCUT2D eigenvalue weighted by atomic mass is 32.2. The first-order valence-electron chi connectivity index (χ1n) is 13.1. The summed E-state index contributed by atoms with van der Waals surface area (Å²) in [4.78, 5) is 0.138. The van der Waals surface area contributed by atoms with Crippen molar-refractivity contribution in [2.75, 3.05) is 12.3 Å². The molecule has 37 heavy (non-hydrogen) atoms. The highest BCUT2D eigenvalue weighted by Crippen LogP contribution is 2.39. The van der Waals surface area contributed by atoms with Crippen LogP contribution < -0.4 is 15.2 Å². The number of nitrogens with one attached hydrogen (secondary N) is 1. The molecule has 1 unspecified atom stereocenters. The van der Waals surface area contributed by atoms with Crippen molar-refractivity contribution in [1.29, 1.82) is 0 Å². The van der Waals surface area contributed by atoms with Crippen LogP contribution in [0.1, 0.15) is 78.9 Å². The van der Waals surface area contributed by atoms with Gasteiger partial charge < -0.3 is 15.6 Å². The van der Waals surface area contributed by atoms with Gasteiger partial charge in [0.1, 0.15) is 17.6 Å². The van der Waals surface area contributed by atoms with Crippen LogP contribution in [-0.2, 0) is 20.9 Å². The molecular weight excluding hydrogens is 484 g/mol. The van der Waals surface area contributed by atoms with Crippen LogP contribution in [-0.4, -0.2) is 26.2 Å². The van der Waals surface area contributed by atoms with Crippen LogP contribution in [0.3, 0.4) is 0 Å². The summed E-state index contributed by atoms with van der Waals surface area (Å²) < 4.78 is 35.4. The average Bonchev–Trinajstić information content (AvgIpc) is 2.88. The second kappa shape index (κ2) is 10.9. The third kappa shape index (κ3) is 6.21. The number of fused-ring (bicyclic) bond motifs is 1. The Balaban J connectivity index is 1.84. The maximum absolute atomic E-state index is 13.1. The van der Waals surface area contributed by atoms with E-state index in [0.717, 1.165) is 24.2 Å². The van der Waals surface area contributed by atoms with Gasteiger partial charge >= 0.3 is 0 Å². The number of hydrogen-bond donors (Lipinski definition) is 3. The molecule has 4 N–H and O–H groups in total. The van der Waals surface area contributed by atoms with Gasteiger partial charge in [0.2, 0.25) is 10.0 Å². The molecule has 0 bridgehead atoms. The lowest BCUT2D eigenvalue weighted by Crippen LogP contribution is -2.35. The van der Waals surface area contributed by atoms with Gasteiger partial charge in [-0.05, 0) is 65.3 Å². The van der Waals surface area contributed by atoms with Crippen LogP contribution in [0.2, 0.25) is 0 Å². The summed E-state index contributed by atoms with van der Waals surface area (Å²) in [5.74, 6) is 0.774. The second-order valence-electron chi connectivity index (χ2n) is 11.1. The van der Waals surface area contributed by atoms with Crippen LogP contribution >= 0.6 is 0 Å². The minimum Gasteiger partial charge on any atom is -0.506 e. The van der Waals surface area contributed by atoms with Crippen molar-refractivity contribution in [3.05, 3.63) is 59.7 Å². The Hall–Kier alpha value is -2.77. The Morgan fingerprint density at radius 2 is 1.62 bits per heavy atom. The smallest absolute Gasteiger partial charge is 0.240 e. The quantitative estimate of drug-likeness (QED) is 0.192. The zero-order valence-electron chi connectivity index (χ0n) is 23.2. The van der Waals surface area contributed by atoms with E-state index in [2.05, 4.69) is 58.4 Å². The first kappa shape index (κ1) is 28.8. The molecule has 0 fully saturated rings. The van der Waals surface area contributed by atoms with Crippen molar-refractivity contribution in [3.63, 3.8) is 0 Å². The molecule has 0 spiro atoms. The highest BCUT2D eigenvalue weighted by Gasteiger charge is 2.28. The largest absolute Gasteiger partial charge is 0.506 e. The number of anilines is 1. The Bertz CT molecular complexity index is 1360. The minimum absolute atomic E-state index is 0.0268. The van der Waals surface area contributed by atoms with E-state index in [1.165, 1.54) is 17.7 Å². The highest BCUT2D eigenvalue weighted by molar-refractivity contribution is 7.89. The number of phenolic OH excluding ortho intramolecular Hbond substituents is 1. The van der Waals surface area contributed by atoms with Gasteiger partial charge in [-0.1, -0.05) is 72.7 Å². The SMILES string of the molecule is CCC(CNS(=O)(=O)c1ccc2c(N)c(O)ccc2c1)Oc1ccc(C(C)(C)CC)cc1C(C)(C)CC. The van der Waals surface area contributed by atoms with Gasteiger partial charge in [-0.3, -0.25) is 0 Å². The molecule has 0 radical (unpaired) electrons. The average molecular weight is 527 g/mol. The lowest BCUT2D eigenvalue weighted by molar-refractivity contribution is 0.195. The van der Waals surface area contributed by atoms with Crippen LogP contribution in [0.15, 0.2) is 53.4 Å².